The van der Waals surface area contributed by atoms with Crippen LogP contribution < -0.4 is 25.1 Å². The summed E-state index contributed by atoms with van der Waals surface area (Å²) in [5.41, 5.74) is 28.8. The Bertz CT molecular complexity index is 5690. The van der Waals surface area contributed by atoms with Crippen LogP contribution in [-0.2, 0) is 4.74 Å². The zero-order valence-corrected chi connectivity index (χ0v) is 66.3. The molecule has 4 aliphatic heterocycles. The van der Waals surface area contributed by atoms with Crippen molar-refractivity contribution in [3.63, 3.8) is 0 Å². The first-order valence-electron chi connectivity index (χ1n) is 42.8. The average molecular weight is 1520 g/mol. The van der Waals surface area contributed by atoms with Crippen molar-refractivity contribution in [1.29, 1.82) is 0 Å². The summed E-state index contributed by atoms with van der Waals surface area (Å²) in [6.45, 7) is 0.321. The molecule has 0 amide bonds. The molecule has 2 saturated heterocycles. The van der Waals surface area contributed by atoms with Gasteiger partial charge in [-0.05, 0) is 137 Å². The SMILES string of the molecule is C1=CC2=C(CC1)OC1CC(N(c3ccccc3)C3C(c4ccccc4)CCCC3c3ccccc3)CC3C1B2C1=CC2B4c5ccccc5N(c5c(-c6ccccc6)cccc5-c5ccccc5)C5CC(N(c6ccccc6)c6c(-c7ccccc7)cccc6-c6ccccc6)CC(SC2C=C1N3c1ccccc1-c1ccccc1)C45. The highest BCUT2D eigenvalue weighted by Gasteiger charge is 2.63. The zero-order valence-electron chi connectivity index (χ0n) is 65.5. The van der Waals surface area contributed by atoms with Crippen molar-refractivity contribution in [1.82, 2.24) is 0 Å². The molecule has 8 heteroatoms. The lowest BCUT2D eigenvalue weighted by atomic mass is 9.22. The Morgan fingerprint density at radius 3 is 1.47 bits per heavy atom. The predicted molar refractivity (Wildman–Crippen MR) is 489 cm³/mol. The number of fused-ring (bicyclic) bond motifs is 7. The van der Waals surface area contributed by atoms with Gasteiger partial charge in [0.15, 0.2) is 6.71 Å². The normalized spacial score (nSPS) is 24.7. The highest BCUT2D eigenvalue weighted by molar-refractivity contribution is 8.01. The van der Waals surface area contributed by atoms with Crippen LogP contribution in [0, 0.1) is 0 Å². The van der Waals surface area contributed by atoms with Crippen LogP contribution in [0.1, 0.15) is 80.8 Å². The highest BCUT2D eigenvalue weighted by atomic mass is 32.2. The number of rotatable bonds is 15. The average Bonchev–Trinajstić information content (AvgIpc) is 0.686. The van der Waals surface area contributed by atoms with Gasteiger partial charge in [0.05, 0.1) is 23.2 Å². The third-order valence-corrected chi connectivity index (χ3v) is 29.5. The Kier molecular flexibility index (Phi) is 18.6. The van der Waals surface area contributed by atoms with E-state index in [9.17, 15) is 0 Å². The van der Waals surface area contributed by atoms with Gasteiger partial charge in [-0.3, -0.25) is 0 Å². The summed E-state index contributed by atoms with van der Waals surface area (Å²) in [7, 11) is 0. The third kappa shape index (κ3) is 12.4. The van der Waals surface area contributed by atoms with Crippen molar-refractivity contribution >= 4 is 64.8 Å². The summed E-state index contributed by atoms with van der Waals surface area (Å²) >= 11 is 2.33. The molecular formula is C108H94B2N4OS. The van der Waals surface area contributed by atoms with Crippen molar-refractivity contribution in [3.05, 3.63) is 416 Å². The first-order valence-corrected chi connectivity index (χ1v) is 43.8. The molecule has 4 heterocycles. The Balaban J connectivity index is 0.768. The van der Waals surface area contributed by atoms with Crippen LogP contribution in [-0.4, -0.2) is 60.2 Å². The van der Waals surface area contributed by atoms with E-state index in [1.807, 2.05) is 0 Å². The lowest BCUT2D eigenvalue weighted by molar-refractivity contribution is 0.0507. The van der Waals surface area contributed by atoms with Gasteiger partial charge in [-0.25, -0.2) is 0 Å². The quantitative estimate of drug-likeness (QED) is 0.0948. The van der Waals surface area contributed by atoms with E-state index in [1.165, 1.54) is 135 Å². The van der Waals surface area contributed by atoms with Crippen LogP contribution >= 0.6 is 11.8 Å². The monoisotopic (exact) mass is 1520 g/mol. The number of anilines is 6. The summed E-state index contributed by atoms with van der Waals surface area (Å²) in [5.74, 6) is 2.44. The molecule has 0 aromatic heterocycles. The number of benzene rings is 13. The number of nitrogens with zero attached hydrogens (tertiary/aromatic N) is 4. The third-order valence-electron chi connectivity index (χ3n) is 27.9. The molecule has 0 N–H and O–H groups in total. The molecular weight excluding hydrogens is 1420 g/mol. The summed E-state index contributed by atoms with van der Waals surface area (Å²) in [6.07, 6.45) is 20.0. The molecule has 13 aromatic rings. The van der Waals surface area contributed by atoms with Crippen molar-refractivity contribution in [2.75, 3.05) is 19.6 Å². The van der Waals surface area contributed by atoms with Crippen LogP contribution in [0.2, 0.25) is 17.5 Å². The van der Waals surface area contributed by atoms with Gasteiger partial charge < -0.3 is 24.3 Å². The lowest BCUT2D eigenvalue weighted by Crippen LogP contribution is -2.66. The van der Waals surface area contributed by atoms with Crippen LogP contribution in [0.3, 0.4) is 0 Å². The molecule has 564 valence electrons. The van der Waals surface area contributed by atoms with Crippen LogP contribution in [0.5, 0.6) is 0 Å². The molecule has 3 saturated carbocycles. The van der Waals surface area contributed by atoms with E-state index >= 15 is 0 Å². The molecule has 5 fully saturated rings. The van der Waals surface area contributed by atoms with Crippen molar-refractivity contribution in [2.24, 2.45) is 0 Å². The number of thioether (sulfide) groups is 1. The summed E-state index contributed by atoms with van der Waals surface area (Å²) in [6, 6.07) is 137. The minimum absolute atomic E-state index is 0.0417. The summed E-state index contributed by atoms with van der Waals surface area (Å²) in [4.78, 5) is 11.8. The van der Waals surface area contributed by atoms with Crippen molar-refractivity contribution < 1.29 is 4.74 Å². The molecule has 116 heavy (non-hydrogen) atoms. The Morgan fingerprint density at radius 1 is 0.405 bits per heavy atom. The van der Waals surface area contributed by atoms with Gasteiger partial charge in [-0.2, -0.15) is 11.8 Å². The Morgan fingerprint density at radius 2 is 0.879 bits per heavy atom. The second-order valence-electron chi connectivity index (χ2n) is 33.9. The molecule has 5 nitrogen and oxygen atoms in total. The maximum atomic E-state index is 8.04. The molecule has 12 unspecified atom stereocenters. The van der Waals surface area contributed by atoms with E-state index in [0.29, 0.717) is 11.8 Å². The summed E-state index contributed by atoms with van der Waals surface area (Å²) < 4.78 is 8.04. The molecule has 0 spiro atoms. The van der Waals surface area contributed by atoms with Gasteiger partial charge in [-0.15, -0.1) is 0 Å². The van der Waals surface area contributed by atoms with Crippen LogP contribution in [0.4, 0.5) is 34.1 Å². The zero-order chi connectivity index (χ0) is 76.6. The van der Waals surface area contributed by atoms with Gasteiger partial charge in [0.1, 0.15) is 0 Å². The minimum Gasteiger partial charge on any atom is -0.496 e. The first kappa shape index (κ1) is 70.9. The molecule has 5 aliphatic carbocycles. The van der Waals surface area contributed by atoms with E-state index in [0.717, 1.165) is 51.4 Å². The van der Waals surface area contributed by atoms with Crippen LogP contribution in [0.25, 0.3) is 55.6 Å². The maximum Gasteiger partial charge on any atom is 0.224 e. The fourth-order valence-electron chi connectivity index (χ4n) is 23.5. The molecule has 0 radical (unpaired) electrons. The number of ether oxygens (including phenoxy) is 1. The van der Waals surface area contributed by atoms with E-state index in [1.54, 1.807) is 0 Å². The molecule has 13 aromatic carbocycles. The van der Waals surface area contributed by atoms with E-state index in [-0.39, 0.29) is 77.7 Å². The predicted octanol–water partition coefficient (Wildman–Crippen LogP) is 25.9. The lowest BCUT2D eigenvalue weighted by Gasteiger charge is -2.62. The van der Waals surface area contributed by atoms with E-state index in [4.69, 9.17) is 4.74 Å². The number of allylic oxidation sites excluding steroid dienone is 6. The smallest absolute Gasteiger partial charge is 0.224 e. The maximum absolute atomic E-state index is 8.04. The molecule has 12 atom stereocenters. The highest BCUT2D eigenvalue weighted by Crippen LogP contribution is 2.65. The van der Waals surface area contributed by atoms with Gasteiger partial charge in [-0.1, -0.05) is 357 Å². The fraction of sp³-hybridized carbons (Fsp3) is 0.204. The Labute approximate surface area is 689 Å². The second kappa shape index (κ2) is 30.5. The first-order chi connectivity index (χ1) is 57.6. The van der Waals surface area contributed by atoms with Crippen LogP contribution in [0.15, 0.2) is 405 Å². The molecule has 22 rings (SSSR count). The number of hydrogen-bond acceptors (Lipinski definition) is 6. The Hall–Kier alpha value is -11.7. The van der Waals surface area contributed by atoms with Gasteiger partial charge in [0, 0.05) is 127 Å². The van der Waals surface area contributed by atoms with Crippen molar-refractivity contribution in [2.45, 2.75) is 134 Å². The number of hydrogen-bond donors (Lipinski definition) is 0. The van der Waals surface area contributed by atoms with Crippen molar-refractivity contribution in [3.8, 4) is 55.6 Å². The van der Waals surface area contributed by atoms with Gasteiger partial charge in [0.2, 0.25) is 6.71 Å². The van der Waals surface area contributed by atoms with Gasteiger partial charge >= 0.3 is 0 Å². The summed E-state index contributed by atoms with van der Waals surface area (Å²) in [5, 5.41) is 0.354. The second-order valence-corrected chi connectivity index (χ2v) is 35.3. The fourth-order valence-corrected chi connectivity index (χ4v) is 25.4. The molecule has 9 aliphatic rings. The minimum atomic E-state index is -0.0417. The largest absolute Gasteiger partial charge is 0.496 e. The molecule has 0 bridgehead atoms. The van der Waals surface area contributed by atoms with E-state index < -0.39 is 0 Å². The van der Waals surface area contributed by atoms with Gasteiger partial charge in [0.25, 0.3) is 0 Å². The van der Waals surface area contributed by atoms with E-state index in [2.05, 4.69) is 414 Å². The standard InChI is InChI=1S/C108H94B2N4OS/c1-10-37-73(38-11-1)84-55-28-31-64-95(84)113-97-72-102-94(71-93(97)110-92-63-30-33-66-100(92)115-101-69-82(67-98(113)104(101)110)111(80-51-24-8-25-52-80)106-85(74-39-12-2-13-40-74)56-34-57-86(106)75-41-14-3-15-42-75)109-91-62-29-32-65-96(91)114(108-89(78-47-20-6-21-48-78)60-36-61-90(108)79-49-22-7-23-50-79)99-68-83(70-103(116-102)105(99)109)112(81-53-26-9-27-54-81)107-87(76-43-16-4-17-44-76)58-35-59-88(107)77-45-18-5-19-46-77/h1-32,35-55,58-65,71-72,82-83,85-86,94,98-99,101-106H,33-34,56-57,66-70H2. The number of para-hydroxylation sites is 6. The topological polar surface area (TPSA) is 22.2 Å².